The van der Waals surface area contributed by atoms with Gasteiger partial charge in [-0.2, -0.15) is 5.84 Å². The number of Topliss-reactive ketones (excluding diaryl/α,β-unsaturated/α-hetero) is 1. The van der Waals surface area contributed by atoms with Gasteiger partial charge in [0.15, 0.2) is 12.3 Å². The van der Waals surface area contributed by atoms with Crippen molar-refractivity contribution >= 4 is 5.78 Å². The number of carbonyl (C=O) groups excluding carboxylic acids is 1. The van der Waals surface area contributed by atoms with Gasteiger partial charge in [-0.1, -0.05) is 0 Å². The number of nitrogens with zero attached hydrogens (tertiary/aromatic N) is 1. The molecule has 0 radical (unpaired) electrons. The molecule has 1 heterocycles. The van der Waals surface area contributed by atoms with E-state index in [1.54, 1.807) is 26.2 Å². The highest BCUT2D eigenvalue weighted by Crippen LogP contribution is 2.02. The van der Waals surface area contributed by atoms with Crippen LogP contribution in [0.1, 0.15) is 10.6 Å². The van der Waals surface area contributed by atoms with E-state index in [2.05, 4.69) is 0 Å². The third-order valence-electron chi connectivity index (χ3n) is 1.35. The highest BCUT2D eigenvalue weighted by Gasteiger charge is 2.18. The summed E-state index contributed by atoms with van der Waals surface area (Å²) in [6.07, 6.45) is 1.48. The standard InChI is InChI=1S/C8H13N2O2/c1-10(2,9)6-7(11)8-4-3-5-12-8/h3-5H,6,9H2,1-2H3/q+1. The monoisotopic (exact) mass is 169 g/mol. The lowest BCUT2D eigenvalue weighted by atomic mass is 10.3. The number of ketones is 1. The molecule has 0 aliphatic heterocycles. The van der Waals surface area contributed by atoms with Crippen molar-refractivity contribution in [1.82, 2.24) is 0 Å². The van der Waals surface area contributed by atoms with Crippen LogP contribution in [-0.2, 0) is 0 Å². The number of likely N-dealkylation sites (N-methyl/N-ethyl adjacent to an activating group) is 1. The van der Waals surface area contributed by atoms with Crippen LogP contribution >= 0.6 is 0 Å². The maximum Gasteiger partial charge on any atom is 0.253 e. The van der Waals surface area contributed by atoms with Gasteiger partial charge in [-0.25, -0.2) is 4.59 Å². The molecule has 0 atom stereocenters. The van der Waals surface area contributed by atoms with Gasteiger partial charge in [0, 0.05) is 0 Å². The minimum atomic E-state index is -0.0764. The number of hydrogen-bond donors (Lipinski definition) is 1. The fourth-order valence-corrected chi connectivity index (χ4v) is 0.885. The zero-order chi connectivity index (χ0) is 9.19. The van der Waals surface area contributed by atoms with Gasteiger partial charge in [0.25, 0.3) is 5.78 Å². The molecule has 12 heavy (non-hydrogen) atoms. The molecule has 0 spiro atoms. The first kappa shape index (κ1) is 8.96. The first-order chi connectivity index (χ1) is 5.49. The van der Waals surface area contributed by atoms with Crippen molar-refractivity contribution < 1.29 is 13.8 Å². The zero-order valence-corrected chi connectivity index (χ0v) is 7.28. The average Bonchev–Trinajstić information content (AvgIpc) is 2.32. The van der Waals surface area contributed by atoms with E-state index in [0.717, 1.165) is 0 Å². The Hall–Kier alpha value is -1.13. The van der Waals surface area contributed by atoms with Gasteiger partial charge in [0.1, 0.15) is 0 Å². The van der Waals surface area contributed by atoms with Crippen molar-refractivity contribution in [2.45, 2.75) is 0 Å². The SMILES string of the molecule is C[N+](C)(N)CC(=O)c1ccco1. The predicted molar refractivity (Wildman–Crippen MR) is 44.2 cm³/mol. The normalized spacial score (nSPS) is 11.6. The van der Waals surface area contributed by atoms with Gasteiger partial charge in [0.2, 0.25) is 0 Å². The van der Waals surface area contributed by atoms with Gasteiger partial charge in [0.05, 0.1) is 20.4 Å². The molecular weight excluding hydrogens is 156 g/mol. The van der Waals surface area contributed by atoms with E-state index >= 15 is 0 Å². The second kappa shape index (κ2) is 3.08. The van der Waals surface area contributed by atoms with Crippen LogP contribution in [0.2, 0.25) is 0 Å². The minimum absolute atomic E-state index is 0.0764. The summed E-state index contributed by atoms with van der Waals surface area (Å²) in [6.45, 7) is 0.244. The Morgan fingerprint density at radius 1 is 1.67 bits per heavy atom. The zero-order valence-electron chi connectivity index (χ0n) is 7.28. The molecule has 0 aliphatic rings. The van der Waals surface area contributed by atoms with Crippen LogP contribution in [0.15, 0.2) is 22.8 Å². The topological polar surface area (TPSA) is 56.2 Å². The van der Waals surface area contributed by atoms with Gasteiger partial charge in [-0.05, 0) is 12.1 Å². The van der Waals surface area contributed by atoms with Crippen LogP contribution in [0.3, 0.4) is 0 Å². The molecule has 0 amide bonds. The largest absolute Gasteiger partial charge is 0.461 e. The van der Waals surface area contributed by atoms with E-state index in [-0.39, 0.29) is 16.9 Å². The summed E-state index contributed by atoms with van der Waals surface area (Å²) < 4.78 is 5.05. The Bertz CT molecular complexity index is 259. The lowest BCUT2D eigenvalue weighted by Crippen LogP contribution is -2.49. The highest BCUT2D eigenvalue weighted by molar-refractivity contribution is 5.94. The van der Waals surface area contributed by atoms with Crippen LogP contribution in [0.5, 0.6) is 0 Å². The Morgan fingerprint density at radius 3 is 2.75 bits per heavy atom. The summed E-state index contributed by atoms with van der Waals surface area (Å²) in [5.41, 5.74) is 0. The smallest absolute Gasteiger partial charge is 0.253 e. The van der Waals surface area contributed by atoms with Gasteiger partial charge in [-0.15, -0.1) is 0 Å². The summed E-state index contributed by atoms with van der Waals surface area (Å²) >= 11 is 0. The van der Waals surface area contributed by atoms with Crippen LogP contribution in [0.4, 0.5) is 0 Å². The Balaban J connectivity index is 2.63. The Morgan fingerprint density at radius 2 is 2.33 bits per heavy atom. The quantitative estimate of drug-likeness (QED) is 0.308. The maximum atomic E-state index is 11.3. The van der Waals surface area contributed by atoms with E-state index in [0.29, 0.717) is 5.76 Å². The minimum Gasteiger partial charge on any atom is -0.461 e. The van der Waals surface area contributed by atoms with E-state index in [9.17, 15) is 4.79 Å². The average molecular weight is 169 g/mol. The summed E-state index contributed by atoms with van der Waals surface area (Å²) in [6, 6.07) is 3.32. The molecule has 1 aromatic rings. The van der Waals surface area contributed by atoms with Crippen molar-refractivity contribution in [2.75, 3.05) is 20.6 Å². The van der Waals surface area contributed by atoms with Crippen LogP contribution < -0.4 is 5.84 Å². The number of hydrogen-bond acceptors (Lipinski definition) is 3. The molecule has 1 aromatic heterocycles. The highest BCUT2D eigenvalue weighted by atomic mass is 16.3. The molecule has 0 saturated carbocycles. The Kier molecular flexibility index (Phi) is 2.30. The van der Waals surface area contributed by atoms with Gasteiger partial charge < -0.3 is 4.42 Å². The van der Waals surface area contributed by atoms with Crippen LogP contribution in [0.25, 0.3) is 0 Å². The van der Waals surface area contributed by atoms with Crippen LogP contribution in [0, 0.1) is 0 Å². The molecular formula is C8H13N2O2+. The van der Waals surface area contributed by atoms with Crippen molar-refractivity contribution in [3.05, 3.63) is 24.2 Å². The maximum absolute atomic E-state index is 11.3. The van der Waals surface area contributed by atoms with Crippen molar-refractivity contribution in [3.63, 3.8) is 0 Å². The molecule has 1 rings (SSSR count). The number of carbonyl (C=O) groups is 1. The summed E-state index contributed by atoms with van der Waals surface area (Å²) in [5.74, 6) is 5.91. The molecule has 0 unspecified atom stereocenters. The predicted octanol–water partition coefficient (Wildman–Crippen LogP) is 0.412. The number of rotatable bonds is 3. The lowest BCUT2D eigenvalue weighted by molar-refractivity contribution is -0.893. The first-order valence-corrected chi connectivity index (χ1v) is 3.67. The fourth-order valence-electron chi connectivity index (χ4n) is 0.885. The first-order valence-electron chi connectivity index (χ1n) is 3.67. The molecule has 0 bridgehead atoms. The fraction of sp³-hybridized carbons (Fsp3) is 0.375. The van der Waals surface area contributed by atoms with Gasteiger partial charge >= 0.3 is 0 Å². The molecule has 66 valence electrons. The number of quaternary nitrogens is 1. The molecule has 0 fully saturated rings. The molecule has 0 saturated heterocycles. The summed E-state index contributed by atoms with van der Waals surface area (Å²) in [4.78, 5) is 11.3. The van der Waals surface area contributed by atoms with Crippen molar-refractivity contribution in [3.8, 4) is 0 Å². The van der Waals surface area contributed by atoms with Crippen LogP contribution in [-0.4, -0.2) is 31.0 Å². The second-order valence-corrected chi connectivity index (χ2v) is 3.34. The molecule has 4 nitrogen and oxygen atoms in total. The molecule has 2 N–H and O–H groups in total. The number of nitrogens with two attached hydrogens (primary N) is 1. The third kappa shape index (κ3) is 2.48. The molecule has 0 aliphatic carbocycles. The molecule has 0 aromatic carbocycles. The van der Waals surface area contributed by atoms with Crippen molar-refractivity contribution in [1.29, 1.82) is 0 Å². The lowest BCUT2D eigenvalue weighted by Gasteiger charge is -2.20. The third-order valence-corrected chi connectivity index (χ3v) is 1.35. The Labute approximate surface area is 71.1 Å². The van der Waals surface area contributed by atoms with Gasteiger partial charge in [-0.3, -0.25) is 4.79 Å². The summed E-state index contributed by atoms with van der Waals surface area (Å²) in [5, 5.41) is 0. The van der Waals surface area contributed by atoms with E-state index in [4.69, 9.17) is 10.3 Å². The van der Waals surface area contributed by atoms with Crippen molar-refractivity contribution in [2.24, 2.45) is 5.84 Å². The number of furan rings is 1. The second-order valence-electron chi connectivity index (χ2n) is 3.34. The van der Waals surface area contributed by atoms with E-state index in [1.165, 1.54) is 6.26 Å². The molecule has 4 heteroatoms. The van der Waals surface area contributed by atoms with E-state index < -0.39 is 0 Å². The van der Waals surface area contributed by atoms with E-state index in [1.807, 2.05) is 0 Å². The summed E-state index contributed by atoms with van der Waals surface area (Å²) in [7, 11) is 3.50.